The van der Waals surface area contributed by atoms with E-state index in [1.165, 1.54) is 0 Å². The van der Waals surface area contributed by atoms with Crippen molar-refractivity contribution < 1.29 is 18.7 Å². The number of methoxy groups -OCH3 is 1. The summed E-state index contributed by atoms with van der Waals surface area (Å²) in [7, 11) is 3.53. The summed E-state index contributed by atoms with van der Waals surface area (Å²) in [6.45, 7) is 3.60. The Bertz CT molecular complexity index is 990. The first-order valence-corrected chi connectivity index (χ1v) is 9.94. The molecular weight excluding hydrogens is 384 g/mol. The Kier molecular flexibility index (Phi) is 6.15. The molecular formula is C22H26N4O4. The van der Waals surface area contributed by atoms with Crippen molar-refractivity contribution in [3.8, 4) is 5.75 Å². The molecule has 1 aromatic carbocycles. The Balaban J connectivity index is 1.58. The molecule has 1 fully saturated rings. The van der Waals surface area contributed by atoms with Crippen molar-refractivity contribution in [3.05, 3.63) is 71.7 Å². The molecule has 1 N–H and O–H groups in total. The van der Waals surface area contributed by atoms with Crippen LogP contribution in [-0.2, 0) is 18.3 Å². The zero-order valence-electron chi connectivity index (χ0n) is 17.2. The lowest BCUT2D eigenvalue weighted by Crippen LogP contribution is -2.36. The Labute approximate surface area is 175 Å². The Morgan fingerprint density at radius 1 is 1.30 bits per heavy atom. The molecule has 1 atom stereocenters. The molecule has 3 heterocycles. The van der Waals surface area contributed by atoms with Gasteiger partial charge in [0.05, 0.1) is 38.7 Å². The van der Waals surface area contributed by atoms with Gasteiger partial charge in [-0.05, 0) is 23.8 Å². The van der Waals surface area contributed by atoms with Crippen molar-refractivity contribution in [2.75, 3.05) is 33.4 Å². The smallest absolute Gasteiger partial charge is 0.255 e. The third-order valence-electron chi connectivity index (χ3n) is 5.28. The summed E-state index contributed by atoms with van der Waals surface area (Å²) < 4.78 is 18.3. The number of rotatable bonds is 7. The molecule has 8 heteroatoms. The largest absolute Gasteiger partial charge is 0.497 e. The number of hydrogen-bond acceptors (Lipinski definition) is 6. The van der Waals surface area contributed by atoms with Crippen molar-refractivity contribution >= 4 is 5.91 Å². The van der Waals surface area contributed by atoms with Crippen LogP contribution in [0.15, 0.2) is 53.4 Å². The van der Waals surface area contributed by atoms with Crippen LogP contribution in [0.4, 0.5) is 0 Å². The van der Waals surface area contributed by atoms with E-state index in [1.54, 1.807) is 25.6 Å². The fourth-order valence-electron chi connectivity index (χ4n) is 3.61. The number of aryl methyl sites for hydroxylation is 1. The predicted molar refractivity (Wildman–Crippen MR) is 110 cm³/mol. The normalized spacial score (nSPS) is 15.7. The first-order valence-electron chi connectivity index (χ1n) is 9.94. The molecule has 0 spiro atoms. The third kappa shape index (κ3) is 4.39. The van der Waals surface area contributed by atoms with Gasteiger partial charge in [-0.3, -0.25) is 9.69 Å². The molecule has 0 saturated carbocycles. The van der Waals surface area contributed by atoms with E-state index >= 15 is 0 Å². The second kappa shape index (κ2) is 9.15. The second-order valence-corrected chi connectivity index (χ2v) is 7.23. The number of benzene rings is 1. The average Bonchev–Trinajstić information content (AvgIpc) is 3.41. The molecule has 4 rings (SSSR count). The topological polar surface area (TPSA) is 81.8 Å². The van der Waals surface area contributed by atoms with Crippen LogP contribution in [0.25, 0.3) is 0 Å². The Hall–Kier alpha value is -3.10. The fourth-order valence-corrected chi connectivity index (χ4v) is 3.61. The van der Waals surface area contributed by atoms with Gasteiger partial charge in [0.1, 0.15) is 23.4 Å². The van der Waals surface area contributed by atoms with E-state index in [9.17, 15) is 4.79 Å². The number of furan rings is 1. The second-order valence-electron chi connectivity index (χ2n) is 7.23. The van der Waals surface area contributed by atoms with E-state index in [0.717, 1.165) is 30.2 Å². The quantitative estimate of drug-likeness (QED) is 0.644. The zero-order valence-corrected chi connectivity index (χ0v) is 17.2. The molecule has 8 nitrogen and oxygen atoms in total. The maximum Gasteiger partial charge on any atom is 0.255 e. The van der Waals surface area contributed by atoms with E-state index in [-0.39, 0.29) is 5.91 Å². The summed E-state index contributed by atoms with van der Waals surface area (Å²) in [5.74, 6) is 1.90. The van der Waals surface area contributed by atoms with Crippen LogP contribution < -0.4 is 10.1 Å². The minimum Gasteiger partial charge on any atom is -0.497 e. The number of nitrogens with one attached hydrogen (secondary N) is 1. The van der Waals surface area contributed by atoms with E-state index in [0.29, 0.717) is 31.1 Å². The number of imidazole rings is 1. The first-order chi connectivity index (χ1) is 14.7. The standard InChI is InChI=1S/C22H26N4O4/c1-25-8-7-23-21(25)20(16-4-3-5-17(14-16)28-2)24-22(27)18-6-11-30-19(18)15-26-9-12-29-13-10-26/h3-8,11,14,20H,9-10,12-13,15H2,1-2H3,(H,24,27)/t20-/m0/s1. The summed E-state index contributed by atoms with van der Waals surface area (Å²) in [6, 6.07) is 8.91. The van der Waals surface area contributed by atoms with Gasteiger partial charge in [0, 0.05) is 32.5 Å². The van der Waals surface area contributed by atoms with Crippen LogP contribution >= 0.6 is 0 Å². The number of amides is 1. The monoisotopic (exact) mass is 410 g/mol. The van der Waals surface area contributed by atoms with Gasteiger partial charge in [-0.2, -0.15) is 0 Å². The van der Waals surface area contributed by atoms with Crippen LogP contribution in [0, 0.1) is 0 Å². The number of morpholine rings is 1. The Morgan fingerprint density at radius 3 is 2.87 bits per heavy atom. The molecule has 1 amide bonds. The summed E-state index contributed by atoms with van der Waals surface area (Å²) in [5, 5.41) is 3.13. The average molecular weight is 410 g/mol. The lowest BCUT2D eigenvalue weighted by molar-refractivity contribution is 0.0312. The van der Waals surface area contributed by atoms with Gasteiger partial charge in [-0.1, -0.05) is 12.1 Å². The lowest BCUT2D eigenvalue weighted by atomic mass is 10.0. The van der Waals surface area contributed by atoms with E-state index in [1.807, 2.05) is 42.1 Å². The van der Waals surface area contributed by atoms with Crippen molar-refractivity contribution in [1.82, 2.24) is 19.8 Å². The van der Waals surface area contributed by atoms with Crippen molar-refractivity contribution in [2.45, 2.75) is 12.6 Å². The number of carbonyl (C=O) groups is 1. The molecule has 30 heavy (non-hydrogen) atoms. The van der Waals surface area contributed by atoms with Gasteiger partial charge < -0.3 is 23.8 Å². The molecule has 3 aromatic rings. The summed E-state index contributed by atoms with van der Waals surface area (Å²) >= 11 is 0. The predicted octanol–water partition coefficient (Wildman–Crippen LogP) is 2.37. The molecule has 158 valence electrons. The molecule has 1 aliphatic rings. The van der Waals surface area contributed by atoms with Crippen molar-refractivity contribution in [3.63, 3.8) is 0 Å². The van der Waals surface area contributed by atoms with Crippen LogP contribution in [0.1, 0.15) is 33.5 Å². The Morgan fingerprint density at radius 2 is 2.13 bits per heavy atom. The highest BCUT2D eigenvalue weighted by atomic mass is 16.5. The van der Waals surface area contributed by atoms with E-state index in [4.69, 9.17) is 13.9 Å². The molecule has 2 aromatic heterocycles. The minimum atomic E-state index is -0.432. The third-order valence-corrected chi connectivity index (χ3v) is 5.28. The molecule has 0 unspecified atom stereocenters. The van der Waals surface area contributed by atoms with Gasteiger partial charge in [0.25, 0.3) is 5.91 Å². The minimum absolute atomic E-state index is 0.206. The van der Waals surface area contributed by atoms with Gasteiger partial charge in [-0.15, -0.1) is 0 Å². The first kappa shape index (κ1) is 20.2. The summed E-state index contributed by atoms with van der Waals surface area (Å²) in [6.07, 6.45) is 5.14. The molecule has 1 saturated heterocycles. The lowest BCUT2D eigenvalue weighted by Gasteiger charge is -2.26. The number of nitrogens with zero attached hydrogens (tertiary/aromatic N) is 3. The molecule has 0 radical (unpaired) electrons. The maximum atomic E-state index is 13.2. The number of hydrogen-bond donors (Lipinski definition) is 1. The number of aromatic nitrogens is 2. The van der Waals surface area contributed by atoms with Gasteiger partial charge in [0.2, 0.25) is 0 Å². The van der Waals surface area contributed by atoms with Crippen LogP contribution in [0.2, 0.25) is 0 Å². The maximum absolute atomic E-state index is 13.2. The van der Waals surface area contributed by atoms with Crippen LogP contribution in [0.3, 0.4) is 0 Å². The van der Waals surface area contributed by atoms with Gasteiger partial charge in [-0.25, -0.2) is 4.98 Å². The van der Waals surface area contributed by atoms with Gasteiger partial charge >= 0.3 is 0 Å². The molecule has 0 aliphatic carbocycles. The highest BCUT2D eigenvalue weighted by molar-refractivity contribution is 5.95. The fraction of sp³-hybridized carbons (Fsp3) is 0.364. The molecule has 1 aliphatic heterocycles. The highest BCUT2D eigenvalue weighted by Gasteiger charge is 2.25. The van der Waals surface area contributed by atoms with Crippen LogP contribution in [-0.4, -0.2) is 53.8 Å². The highest BCUT2D eigenvalue weighted by Crippen LogP contribution is 2.25. The van der Waals surface area contributed by atoms with Crippen LogP contribution in [0.5, 0.6) is 5.75 Å². The SMILES string of the molecule is COc1cccc([C@H](NC(=O)c2ccoc2CN2CCOCC2)c2nccn2C)c1. The van der Waals surface area contributed by atoms with E-state index < -0.39 is 6.04 Å². The van der Waals surface area contributed by atoms with E-state index in [2.05, 4.69) is 15.2 Å². The van der Waals surface area contributed by atoms with Gasteiger partial charge in [0.15, 0.2) is 0 Å². The summed E-state index contributed by atoms with van der Waals surface area (Å²) in [5.41, 5.74) is 1.42. The summed E-state index contributed by atoms with van der Waals surface area (Å²) in [4.78, 5) is 19.9. The number of carbonyl (C=O) groups excluding carboxylic acids is 1. The van der Waals surface area contributed by atoms with Crippen molar-refractivity contribution in [1.29, 1.82) is 0 Å². The van der Waals surface area contributed by atoms with Crippen molar-refractivity contribution in [2.24, 2.45) is 7.05 Å². The zero-order chi connectivity index (χ0) is 20.9. The number of ether oxygens (including phenoxy) is 2. The molecule has 0 bridgehead atoms.